The van der Waals surface area contributed by atoms with Crippen LogP contribution in [0.4, 0.5) is 0 Å². The van der Waals surface area contributed by atoms with Gasteiger partial charge in [-0.2, -0.15) is 0 Å². The smallest absolute Gasteiger partial charge is 0.339 e. The van der Waals surface area contributed by atoms with Gasteiger partial charge in [0.05, 0.1) is 10.9 Å². The lowest BCUT2D eigenvalue weighted by Crippen LogP contribution is -2.44. The Bertz CT molecular complexity index is 855. The van der Waals surface area contributed by atoms with Crippen molar-refractivity contribution in [3.63, 3.8) is 0 Å². The van der Waals surface area contributed by atoms with Gasteiger partial charge in [-0.05, 0) is 40.7 Å². The molecule has 0 fully saturated rings. The summed E-state index contributed by atoms with van der Waals surface area (Å²) in [5.41, 5.74) is 0.632. The Labute approximate surface area is 145 Å². The molecule has 2 heterocycles. The molecule has 1 N–H and O–H groups in total. The molecular formula is C17H24N4O4. The Morgan fingerprint density at radius 3 is 2.44 bits per heavy atom. The van der Waals surface area contributed by atoms with Crippen molar-refractivity contribution >= 4 is 22.9 Å². The summed E-state index contributed by atoms with van der Waals surface area (Å²) in [6.07, 6.45) is 0. The fraction of sp³-hybridized carbons (Fsp3) is 0.529. The van der Waals surface area contributed by atoms with Gasteiger partial charge in [-0.1, -0.05) is 0 Å². The van der Waals surface area contributed by atoms with Crippen molar-refractivity contribution in [1.29, 1.82) is 0 Å². The third-order valence-corrected chi connectivity index (χ3v) is 3.89. The zero-order chi connectivity index (χ0) is 18.9. The summed E-state index contributed by atoms with van der Waals surface area (Å²) >= 11 is 0. The van der Waals surface area contributed by atoms with Gasteiger partial charge in [0.25, 0.3) is 11.5 Å². The molecule has 0 saturated heterocycles. The number of amides is 1. The molecule has 8 nitrogen and oxygen atoms in total. The summed E-state index contributed by atoms with van der Waals surface area (Å²) in [4.78, 5) is 42.8. The first-order chi connectivity index (χ1) is 11.6. The number of pyridine rings is 1. The predicted molar refractivity (Wildman–Crippen MR) is 93.5 cm³/mol. The number of aryl methyl sites for hydroxylation is 2. The molecule has 8 heteroatoms. The van der Waals surface area contributed by atoms with E-state index < -0.39 is 11.5 Å². The lowest BCUT2D eigenvalue weighted by atomic mass is 10.1. The lowest BCUT2D eigenvalue weighted by Gasteiger charge is -2.30. The van der Waals surface area contributed by atoms with E-state index in [0.29, 0.717) is 11.3 Å². The van der Waals surface area contributed by atoms with E-state index in [4.69, 9.17) is 4.74 Å². The molecule has 0 bridgehead atoms. The van der Waals surface area contributed by atoms with E-state index in [-0.39, 0.29) is 35.5 Å². The average molecular weight is 348 g/mol. The minimum absolute atomic E-state index is 0.00181. The maximum absolute atomic E-state index is 12.5. The van der Waals surface area contributed by atoms with Crippen LogP contribution in [-0.4, -0.2) is 50.2 Å². The average Bonchev–Trinajstić information content (AvgIpc) is 2.77. The maximum atomic E-state index is 12.5. The Balaban J connectivity index is 2.26. The first-order valence-electron chi connectivity index (χ1n) is 8.18. The van der Waals surface area contributed by atoms with Crippen molar-refractivity contribution in [2.24, 2.45) is 7.05 Å². The van der Waals surface area contributed by atoms with Crippen LogP contribution in [0.5, 0.6) is 0 Å². The molecule has 0 unspecified atom stereocenters. The summed E-state index contributed by atoms with van der Waals surface area (Å²) < 4.78 is 6.63. The molecule has 0 aliphatic carbocycles. The van der Waals surface area contributed by atoms with Crippen LogP contribution in [0.2, 0.25) is 0 Å². The number of nitrogens with one attached hydrogen (secondary N) is 1. The number of esters is 1. The first kappa shape index (κ1) is 18.7. The number of fused-ring (bicyclic) bond motifs is 1. The Morgan fingerprint density at radius 1 is 1.28 bits per heavy atom. The highest BCUT2D eigenvalue weighted by Crippen LogP contribution is 2.16. The number of hydrogen-bond donors (Lipinski definition) is 1. The number of carbonyl (C=O) groups is 2. The molecule has 2 aromatic rings. The van der Waals surface area contributed by atoms with Gasteiger partial charge < -0.3 is 9.64 Å². The lowest BCUT2D eigenvalue weighted by molar-refractivity contribution is -0.138. The van der Waals surface area contributed by atoms with Crippen molar-refractivity contribution in [2.75, 3.05) is 6.61 Å². The van der Waals surface area contributed by atoms with Crippen molar-refractivity contribution < 1.29 is 14.3 Å². The zero-order valence-corrected chi connectivity index (χ0v) is 15.4. The van der Waals surface area contributed by atoms with E-state index in [1.54, 1.807) is 18.9 Å². The van der Waals surface area contributed by atoms with Crippen LogP contribution in [0.15, 0.2) is 10.9 Å². The minimum Gasteiger partial charge on any atom is -0.452 e. The molecule has 2 aromatic heterocycles. The molecule has 0 spiro atoms. The molecule has 0 radical (unpaired) electrons. The summed E-state index contributed by atoms with van der Waals surface area (Å²) in [5, 5.41) is 2.73. The molecule has 0 saturated carbocycles. The second-order valence-electron chi connectivity index (χ2n) is 6.57. The summed E-state index contributed by atoms with van der Waals surface area (Å²) in [5.74, 6) is -0.990. The van der Waals surface area contributed by atoms with Crippen LogP contribution < -0.4 is 5.56 Å². The van der Waals surface area contributed by atoms with Gasteiger partial charge >= 0.3 is 5.97 Å². The van der Waals surface area contributed by atoms with E-state index in [2.05, 4.69) is 10.1 Å². The summed E-state index contributed by atoms with van der Waals surface area (Å²) in [6.45, 7) is 8.96. The largest absolute Gasteiger partial charge is 0.452 e. The minimum atomic E-state index is -0.715. The molecule has 1 amide bonds. The molecule has 2 rings (SSSR count). The third-order valence-electron chi connectivity index (χ3n) is 3.89. The normalized spacial score (nSPS) is 11.4. The Hall–Kier alpha value is -2.64. The van der Waals surface area contributed by atoms with Gasteiger partial charge in [0, 0.05) is 24.8 Å². The quantitative estimate of drug-likeness (QED) is 0.823. The van der Waals surface area contributed by atoms with Crippen LogP contribution in [0.25, 0.3) is 11.0 Å². The number of carbonyl (C=O) groups excluding carboxylic acids is 2. The topological polar surface area (TPSA) is 97.3 Å². The van der Waals surface area contributed by atoms with Gasteiger partial charge in [-0.3, -0.25) is 19.4 Å². The van der Waals surface area contributed by atoms with Gasteiger partial charge in [-0.15, -0.1) is 0 Å². The number of nitrogens with zero attached hydrogens (tertiary/aromatic N) is 3. The van der Waals surface area contributed by atoms with E-state index in [1.807, 2.05) is 27.7 Å². The highest BCUT2D eigenvalue weighted by atomic mass is 16.5. The predicted octanol–water partition coefficient (Wildman–Crippen LogP) is 1.37. The monoisotopic (exact) mass is 348 g/mol. The van der Waals surface area contributed by atoms with E-state index in [9.17, 15) is 14.4 Å². The van der Waals surface area contributed by atoms with Gasteiger partial charge in [0.15, 0.2) is 12.3 Å². The second kappa shape index (κ2) is 7.08. The zero-order valence-electron chi connectivity index (χ0n) is 15.4. The van der Waals surface area contributed by atoms with Gasteiger partial charge in [0.1, 0.15) is 0 Å². The van der Waals surface area contributed by atoms with Gasteiger partial charge in [0.2, 0.25) is 0 Å². The summed E-state index contributed by atoms with van der Waals surface area (Å²) in [7, 11) is 1.64. The SMILES string of the molecule is Cc1cc(C(=O)OCC(=O)N(C(C)C)C(C)C)c2c(=O)[nH]n(C)c2n1. The maximum Gasteiger partial charge on any atom is 0.339 e. The standard InChI is InChI=1S/C17H24N4O4/c1-9(2)21(10(3)4)13(22)8-25-17(24)12-7-11(5)18-15-14(12)16(23)19-20(15)6/h7,9-10H,8H2,1-6H3,(H,19,23). The summed E-state index contributed by atoms with van der Waals surface area (Å²) in [6, 6.07) is 1.49. The molecule has 136 valence electrons. The van der Waals surface area contributed by atoms with Crippen molar-refractivity contribution in [2.45, 2.75) is 46.7 Å². The number of rotatable bonds is 5. The van der Waals surface area contributed by atoms with Crippen LogP contribution in [0, 0.1) is 6.92 Å². The van der Waals surface area contributed by atoms with E-state index in [0.717, 1.165) is 0 Å². The molecule has 0 atom stereocenters. The molecular weight excluding hydrogens is 324 g/mol. The van der Waals surface area contributed by atoms with Crippen molar-refractivity contribution in [3.8, 4) is 0 Å². The van der Waals surface area contributed by atoms with Gasteiger partial charge in [-0.25, -0.2) is 9.78 Å². The number of aromatic nitrogens is 3. The number of ether oxygens (including phenoxy) is 1. The highest BCUT2D eigenvalue weighted by Gasteiger charge is 2.23. The second-order valence-corrected chi connectivity index (χ2v) is 6.57. The van der Waals surface area contributed by atoms with Crippen LogP contribution in [0.1, 0.15) is 43.7 Å². The Morgan fingerprint density at radius 2 is 1.88 bits per heavy atom. The fourth-order valence-electron chi connectivity index (χ4n) is 3.00. The Kier molecular flexibility index (Phi) is 5.30. The van der Waals surface area contributed by atoms with Crippen LogP contribution in [0.3, 0.4) is 0 Å². The van der Waals surface area contributed by atoms with Crippen molar-refractivity contribution in [1.82, 2.24) is 19.7 Å². The van der Waals surface area contributed by atoms with Crippen molar-refractivity contribution in [3.05, 3.63) is 27.7 Å². The third kappa shape index (κ3) is 3.72. The fourth-order valence-corrected chi connectivity index (χ4v) is 3.00. The molecule has 25 heavy (non-hydrogen) atoms. The molecule has 0 aromatic carbocycles. The number of hydrogen-bond acceptors (Lipinski definition) is 5. The highest BCUT2D eigenvalue weighted by molar-refractivity contribution is 6.03. The van der Waals surface area contributed by atoms with Crippen LogP contribution in [-0.2, 0) is 16.6 Å². The van der Waals surface area contributed by atoms with Crippen LogP contribution >= 0.6 is 0 Å². The number of H-pyrrole nitrogens is 1. The number of aromatic amines is 1. The molecule has 0 aliphatic rings. The first-order valence-corrected chi connectivity index (χ1v) is 8.18. The van der Waals surface area contributed by atoms with E-state index in [1.165, 1.54) is 10.7 Å². The molecule has 0 aliphatic heterocycles. The van der Waals surface area contributed by atoms with E-state index >= 15 is 0 Å².